The minimum absolute atomic E-state index is 0.0330. The zero-order chi connectivity index (χ0) is 16.1. The molecule has 1 heterocycles. The Bertz CT molecular complexity index is 642. The van der Waals surface area contributed by atoms with Gasteiger partial charge in [0.2, 0.25) is 5.91 Å². The zero-order valence-electron chi connectivity index (χ0n) is 13.0. The second-order valence-electron chi connectivity index (χ2n) is 5.96. The lowest BCUT2D eigenvalue weighted by Gasteiger charge is -2.23. The highest BCUT2D eigenvalue weighted by molar-refractivity contribution is 6.30. The van der Waals surface area contributed by atoms with E-state index in [1.54, 1.807) is 0 Å². The summed E-state index contributed by atoms with van der Waals surface area (Å²) in [5.74, 6) is 0.125. The fourth-order valence-corrected chi connectivity index (χ4v) is 3.17. The van der Waals surface area contributed by atoms with E-state index in [0.29, 0.717) is 6.54 Å². The van der Waals surface area contributed by atoms with Crippen LogP contribution < -0.4 is 5.32 Å². The summed E-state index contributed by atoms with van der Waals surface area (Å²) in [5, 5.41) is 3.81. The van der Waals surface area contributed by atoms with Crippen LogP contribution >= 0.6 is 11.6 Å². The molecule has 1 saturated heterocycles. The third-order valence-electron chi connectivity index (χ3n) is 4.27. The van der Waals surface area contributed by atoms with Gasteiger partial charge in [-0.05, 0) is 42.6 Å². The number of nitrogens with zero attached hydrogens (tertiary/aromatic N) is 1. The van der Waals surface area contributed by atoms with Gasteiger partial charge in [-0.15, -0.1) is 0 Å². The lowest BCUT2D eigenvalue weighted by Crippen LogP contribution is -2.42. The second kappa shape index (κ2) is 7.62. The van der Waals surface area contributed by atoms with Crippen molar-refractivity contribution in [3.05, 3.63) is 70.7 Å². The lowest BCUT2D eigenvalue weighted by molar-refractivity contribution is -0.125. The molecule has 4 heteroatoms. The first-order valence-electron chi connectivity index (χ1n) is 8.02. The fraction of sp³-hybridized carbons (Fsp3) is 0.316. The van der Waals surface area contributed by atoms with Gasteiger partial charge in [-0.3, -0.25) is 9.69 Å². The van der Waals surface area contributed by atoms with Gasteiger partial charge < -0.3 is 5.32 Å². The average Bonchev–Trinajstić information content (AvgIpc) is 3.04. The Hall–Kier alpha value is -1.84. The molecule has 0 saturated carbocycles. The molecule has 1 aliphatic rings. The maximum Gasteiger partial charge on any atom is 0.237 e. The predicted octanol–water partition coefficient (Wildman–Crippen LogP) is 3.62. The van der Waals surface area contributed by atoms with Crippen molar-refractivity contribution in [2.75, 3.05) is 6.54 Å². The minimum atomic E-state index is -0.0330. The lowest BCUT2D eigenvalue weighted by atomic mass is 10.1. The van der Waals surface area contributed by atoms with E-state index in [9.17, 15) is 4.79 Å². The van der Waals surface area contributed by atoms with Crippen LogP contribution in [0.1, 0.15) is 24.0 Å². The Morgan fingerprint density at radius 2 is 1.83 bits per heavy atom. The summed E-state index contributed by atoms with van der Waals surface area (Å²) >= 11 is 5.93. The van der Waals surface area contributed by atoms with Crippen LogP contribution in [0.2, 0.25) is 5.02 Å². The molecule has 120 valence electrons. The van der Waals surface area contributed by atoms with Crippen molar-refractivity contribution in [1.82, 2.24) is 10.2 Å². The van der Waals surface area contributed by atoms with Gasteiger partial charge in [-0.1, -0.05) is 54.1 Å². The molecule has 1 fully saturated rings. The SMILES string of the molecule is O=C(NCc1ccccc1)[C@H]1CCCN1Cc1ccc(Cl)cc1. The summed E-state index contributed by atoms with van der Waals surface area (Å²) in [4.78, 5) is 14.8. The molecule has 0 unspecified atom stereocenters. The molecule has 0 bridgehead atoms. The van der Waals surface area contributed by atoms with Crippen molar-refractivity contribution in [3.8, 4) is 0 Å². The molecule has 1 aliphatic heterocycles. The molecule has 1 N–H and O–H groups in total. The Kier molecular flexibility index (Phi) is 5.31. The number of carbonyl (C=O) groups excluding carboxylic acids is 1. The monoisotopic (exact) mass is 328 g/mol. The highest BCUT2D eigenvalue weighted by atomic mass is 35.5. The van der Waals surface area contributed by atoms with E-state index < -0.39 is 0 Å². The van der Waals surface area contributed by atoms with Gasteiger partial charge in [0.1, 0.15) is 0 Å². The van der Waals surface area contributed by atoms with Crippen LogP contribution in [0.3, 0.4) is 0 Å². The van der Waals surface area contributed by atoms with Crippen LogP contribution in [-0.4, -0.2) is 23.4 Å². The predicted molar refractivity (Wildman–Crippen MR) is 93.2 cm³/mol. The van der Waals surface area contributed by atoms with Crippen molar-refractivity contribution < 1.29 is 4.79 Å². The van der Waals surface area contributed by atoms with Gasteiger partial charge in [0.25, 0.3) is 0 Å². The quantitative estimate of drug-likeness (QED) is 0.909. The maximum atomic E-state index is 12.5. The second-order valence-corrected chi connectivity index (χ2v) is 6.39. The molecule has 2 aromatic rings. The molecule has 1 amide bonds. The fourth-order valence-electron chi connectivity index (χ4n) is 3.04. The number of benzene rings is 2. The van der Waals surface area contributed by atoms with E-state index in [2.05, 4.69) is 10.2 Å². The van der Waals surface area contributed by atoms with Crippen molar-refractivity contribution in [1.29, 1.82) is 0 Å². The van der Waals surface area contributed by atoms with Gasteiger partial charge in [-0.2, -0.15) is 0 Å². The van der Waals surface area contributed by atoms with Crippen molar-refractivity contribution in [2.24, 2.45) is 0 Å². The van der Waals surface area contributed by atoms with Crippen LogP contribution in [0.4, 0.5) is 0 Å². The number of halogens is 1. The average molecular weight is 329 g/mol. The Balaban J connectivity index is 1.57. The Labute approximate surface area is 142 Å². The number of carbonyl (C=O) groups is 1. The molecular weight excluding hydrogens is 308 g/mol. The first-order valence-corrected chi connectivity index (χ1v) is 8.40. The van der Waals surface area contributed by atoms with Crippen LogP contribution in [0.5, 0.6) is 0 Å². The topological polar surface area (TPSA) is 32.3 Å². The molecule has 0 radical (unpaired) electrons. The summed E-state index contributed by atoms with van der Waals surface area (Å²) < 4.78 is 0. The van der Waals surface area contributed by atoms with E-state index in [1.165, 1.54) is 5.56 Å². The highest BCUT2D eigenvalue weighted by Gasteiger charge is 2.30. The molecule has 0 aromatic heterocycles. The van der Waals surface area contributed by atoms with Crippen molar-refractivity contribution in [3.63, 3.8) is 0 Å². The number of amides is 1. The van der Waals surface area contributed by atoms with Gasteiger partial charge in [-0.25, -0.2) is 0 Å². The van der Waals surface area contributed by atoms with Crippen molar-refractivity contribution in [2.45, 2.75) is 32.0 Å². The van der Waals surface area contributed by atoms with E-state index in [1.807, 2.05) is 54.6 Å². The molecule has 3 nitrogen and oxygen atoms in total. The van der Waals surface area contributed by atoms with Gasteiger partial charge >= 0.3 is 0 Å². The molecular formula is C19H21ClN2O. The van der Waals surface area contributed by atoms with Crippen LogP contribution in [0.15, 0.2) is 54.6 Å². The van der Waals surface area contributed by atoms with Crippen molar-refractivity contribution >= 4 is 17.5 Å². The third kappa shape index (κ3) is 4.34. The number of likely N-dealkylation sites (tertiary alicyclic amines) is 1. The summed E-state index contributed by atoms with van der Waals surface area (Å²) in [6, 6.07) is 17.8. The van der Waals surface area contributed by atoms with Crippen LogP contribution in [0.25, 0.3) is 0 Å². The molecule has 3 rings (SSSR count). The number of rotatable bonds is 5. The van der Waals surface area contributed by atoms with Crippen LogP contribution in [-0.2, 0) is 17.9 Å². The van der Waals surface area contributed by atoms with E-state index in [0.717, 1.165) is 36.5 Å². The van der Waals surface area contributed by atoms with Gasteiger partial charge in [0.15, 0.2) is 0 Å². The van der Waals surface area contributed by atoms with Gasteiger partial charge in [0, 0.05) is 18.1 Å². The molecule has 0 aliphatic carbocycles. The van der Waals surface area contributed by atoms with Gasteiger partial charge in [0.05, 0.1) is 6.04 Å². The minimum Gasteiger partial charge on any atom is -0.351 e. The van der Waals surface area contributed by atoms with E-state index >= 15 is 0 Å². The third-order valence-corrected chi connectivity index (χ3v) is 4.53. The number of hydrogen-bond acceptors (Lipinski definition) is 2. The Morgan fingerprint density at radius 1 is 1.09 bits per heavy atom. The smallest absolute Gasteiger partial charge is 0.237 e. The molecule has 23 heavy (non-hydrogen) atoms. The van der Waals surface area contributed by atoms with E-state index in [4.69, 9.17) is 11.6 Å². The first kappa shape index (κ1) is 16.0. The first-order chi connectivity index (χ1) is 11.2. The maximum absolute atomic E-state index is 12.5. The zero-order valence-corrected chi connectivity index (χ0v) is 13.8. The molecule has 0 spiro atoms. The molecule has 2 aromatic carbocycles. The summed E-state index contributed by atoms with van der Waals surface area (Å²) in [6.45, 7) is 2.34. The summed E-state index contributed by atoms with van der Waals surface area (Å²) in [6.07, 6.45) is 1.99. The normalized spacial score (nSPS) is 18.0. The Morgan fingerprint density at radius 3 is 2.57 bits per heavy atom. The largest absolute Gasteiger partial charge is 0.351 e. The number of nitrogens with one attached hydrogen (secondary N) is 1. The summed E-state index contributed by atoms with van der Waals surface area (Å²) in [5.41, 5.74) is 2.32. The standard InChI is InChI=1S/C19H21ClN2O/c20-17-10-8-16(9-11-17)14-22-12-4-7-18(22)19(23)21-13-15-5-2-1-3-6-15/h1-3,5-6,8-11,18H,4,7,12-14H2,(H,21,23)/t18-/m1/s1. The molecule has 1 atom stereocenters. The number of hydrogen-bond donors (Lipinski definition) is 1. The van der Waals surface area contributed by atoms with Crippen LogP contribution in [0, 0.1) is 0 Å². The highest BCUT2D eigenvalue weighted by Crippen LogP contribution is 2.21. The van der Waals surface area contributed by atoms with E-state index in [-0.39, 0.29) is 11.9 Å². The summed E-state index contributed by atoms with van der Waals surface area (Å²) in [7, 11) is 0.